The van der Waals surface area contributed by atoms with Crippen LogP contribution in [0.25, 0.3) is 0 Å². The molecule has 2 aromatic rings. The molecular formula is C20H27N3O2. The number of aliphatic hydroxyl groups is 1. The van der Waals surface area contributed by atoms with E-state index in [1.54, 1.807) is 0 Å². The second-order valence-corrected chi connectivity index (χ2v) is 8.13. The minimum absolute atomic E-state index is 0.0796. The average Bonchev–Trinajstić information content (AvgIpc) is 3.01. The van der Waals surface area contributed by atoms with Gasteiger partial charge in [0.05, 0.1) is 12.0 Å². The standard InChI is InChI=1S/C20H27N3O2/c1-19(9-5-10-19)18-21-17(25-22-18)13-20(24)11-6-12-23(15-20)14-16-7-3-2-4-8-16/h2-4,7-8,24H,5-6,9-15H2,1H3. The smallest absolute Gasteiger partial charge is 0.229 e. The van der Waals surface area contributed by atoms with Crippen molar-refractivity contribution in [1.29, 1.82) is 0 Å². The molecule has 1 unspecified atom stereocenters. The summed E-state index contributed by atoms with van der Waals surface area (Å²) >= 11 is 0. The van der Waals surface area contributed by atoms with E-state index in [-0.39, 0.29) is 5.41 Å². The van der Waals surface area contributed by atoms with Crippen LogP contribution in [0.5, 0.6) is 0 Å². The Balaban J connectivity index is 1.41. The molecule has 0 amide bonds. The number of hydrogen-bond donors (Lipinski definition) is 1. The summed E-state index contributed by atoms with van der Waals surface area (Å²) in [4.78, 5) is 6.92. The first-order chi connectivity index (χ1) is 12.0. The van der Waals surface area contributed by atoms with Gasteiger partial charge in [0.2, 0.25) is 5.89 Å². The molecule has 134 valence electrons. The van der Waals surface area contributed by atoms with Gasteiger partial charge in [-0.1, -0.05) is 48.8 Å². The molecule has 4 rings (SSSR count). The third-order valence-electron chi connectivity index (χ3n) is 5.83. The first-order valence-corrected chi connectivity index (χ1v) is 9.37. The molecule has 1 aliphatic heterocycles. The summed E-state index contributed by atoms with van der Waals surface area (Å²) in [5, 5.41) is 15.3. The van der Waals surface area contributed by atoms with Gasteiger partial charge in [-0.05, 0) is 37.8 Å². The molecular weight excluding hydrogens is 314 g/mol. The van der Waals surface area contributed by atoms with Gasteiger partial charge in [-0.3, -0.25) is 4.90 Å². The van der Waals surface area contributed by atoms with Crippen molar-refractivity contribution in [1.82, 2.24) is 15.0 Å². The number of benzene rings is 1. The maximum absolute atomic E-state index is 11.1. The van der Waals surface area contributed by atoms with Crippen LogP contribution in [-0.2, 0) is 18.4 Å². The van der Waals surface area contributed by atoms with Gasteiger partial charge >= 0.3 is 0 Å². The number of β-amino-alcohol motifs (C(OH)–C–C–N with tert-alkyl or cyclic N) is 1. The monoisotopic (exact) mass is 341 g/mol. The topological polar surface area (TPSA) is 62.4 Å². The molecule has 1 atom stereocenters. The fraction of sp³-hybridized carbons (Fsp3) is 0.600. The van der Waals surface area contributed by atoms with E-state index in [4.69, 9.17) is 4.52 Å². The van der Waals surface area contributed by atoms with Gasteiger partial charge in [0.25, 0.3) is 0 Å². The number of hydrogen-bond acceptors (Lipinski definition) is 5. The molecule has 1 aliphatic carbocycles. The SMILES string of the molecule is CC1(c2noc(CC3(O)CCCN(Cc4ccccc4)C3)n2)CCC1. The fourth-order valence-electron chi connectivity index (χ4n) is 4.11. The summed E-state index contributed by atoms with van der Waals surface area (Å²) in [6.45, 7) is 4.74. The Morgan fingerprint density at radius 1 is 1.16 bits per heavy atom. The lowest BCUT2D eigenvalue weighted by atomic mass is 9.70. The van der Waals surface area contributed by atoms with E-state index in [1.807, 2.05) is 6.07 Å². The number of rotatable bonds is 5. The van der Waals surface area contributed by atoms with E-state index in [0.717, 1.165) is 44.6 Å². The molecule has 5 nitrogen and oxygen atoms in total. The maximum Gasteiger partial charge on any atom is 0.229 e. The van der Waals surface area contributed by atoms with E-state index >= 15 is 0 Å². The first kappa shape index (κ1) is 16.7. The highest BCUT2D eigenvalue weighted by molar-refractivity contribution is 5.15. The second kappa shape index (κ2) is 6.54. The van der Waals surface area contributed by atoms with E-state index in [2.05, 4.69) is 46.2 Å². The van der Waals surface area contributed by atoms with Crippen molar-refractivity contribution in [3.05, 3.63) is 47.6 Å². The number of likely N-dealkylation sites (tertiary alicyclic amines) is 1. The van der Waals surface area contributed by atoms with Gasteiger partial charge in [0.15, 0.2) is 5.82 Å². The highest BCUT2D eigenvalue weighted by Crippen LogP contribution is 2.41. The van der Waals surface area contributed by atoms with Crippen molar-refractivity contribution in [3.8, 4) is 0 Å². The molecule has 0 radical (unpaired) electrons. The Hall–Kier alpha value is -1.72. The zero-order valence-corrected chi connectivity index (χ0v) is 14.9. The average molecular weight is 341 g/mol. The summed E-state index contributed by atoms with van der Waals surface area (Å²) in [5.41, 5.74) is 0.581. The molecule has 1 N–H and O–H groups in total. The van der Waals surface area contributed by atoms with Crippen molar-refractivity contribution in [2.45, 2.75) is 63.0 Å². The largest absolute Gasteiger partial charge is 0.388 e. The number of piperidine rings is 1. The van der Waals surface area contributed by atoms with Gasteiger partial charge < -0.3 is 9.63 Å². The van der Waals surface area contributed by atoms with Crippen molar-refractivity contribution < 1.29 is 9.63 Å². The van der Waals surface area contributed by atoms with Gasteiger partial charge in [-0.15, -0.1) is 0 Å². The van der Waals surface area contributed by atoms with E-state index in [0.29, 0.717) is 18.9 Å². The van der Waals surface area contributed by atoms with Gasteiger partial charge in [-0.25, -0.2) is 0 Å². The summed E-state index contributed by atoms with van der Waals surface area (Å²) in [7, 11) is 0. The van der Waals surface area contributed by atoms with E-state index < -0.39 is 5.60 Å². The molecule has 0 spiro atoms. The predicted octanol–water partition coefficient (Wildman–Crippen LogP) is 3.08. The Bertz CT molecular complexity index is 711. The number of nitrogens with zero attached hydrogens (tertiary/aromatic N) is 3. The molecule has 2 fully saturated rings. The first-order valence-electron chi connectivity index (χ1n) is 9.37. The van der Waals surface area contributed by atoms with Crippen molar-refractivity contribution in [3.63, 3.8) is 0 Å². The van der Waals surface area contributed by atoms with Crippen molar-refractivity contribution in [2.24, 2.45) is 0 Å². The molecule has 1 aromatic heterocycles. The normalized spacial score (nSPS) is 26.3. The maximum atomic E-state index is 11.1. The van der Waals surface area contributed by atoms with Crippen LogP contribution >= 0.6 is 0 Å². The zero-order chi connectivity index (χ0) is 17.3. The lowest BCUT2D eigenvalue weighted by Gasteiger charge is -2.38. The van der Waals surface area contributed by atoms with Crippen LogP contribution in [0.3, 0.4) is 0 Å². The minimum atomic E-state index is -0.780. The summed E-state index contributed by atoms with van der Waals surface area (Å²) in [5.74, 6) is 1.39. The van der Waals surface area contributed by atoms with Crippen LogP contribution in [0.2, 0.25) is 0 Å². The molecule has 1 saturated carbocycles. The quantitative estimate of drug-likeness (QED) is 0.905. The Kier molecular flexibility index (Phi) is 4.38. The molecule has 0 bridgehead atoms. The van der Waals surface area contributed by atoms with Crippen molar-refractivity contribution >= 4 is 0 Å². The Labute approximate surface area is 149 Å². The molecule has 2 aliphatic rings. The van der Waals surface area contributed by atoms with Gasteiger partial charge in [-0.2, -0.15) is 4.98 Å². The summed E-state index contributed by atoms with van der Waals surface area (Å²) < 4.78 is 5.47. The summed E-state index contributed by atoms with van der Waals surface area (Å²) in [6, 6.07) is 10.4. The molecule has 2 heterocycles. The summed E-state index contributed by atoms with van der Waals surface area (Å²) in [6.07, 6.45) is 5.71. The van der Waals surface area contributed by atoms with E-state index in [9.17, 15) is 5.11 Å². The highest BCUT2D eigenvalue weighted by atomic mass is 16.5. The number of aromatic nitrogens is 2. The fourth-order valence-corrected chi connectivity index (χ4v) is 4.11. The third kappa shape index (κ3) is 3.62. The molecule has 1 aromatic carbocycles. The highest BCUT2D eigenvalue weighted by Gasteiger charge is 2.40. The zero-order valence-electron chi connectivity index (χ0n) is 14.9. The van der Waals surface area contributed by atoms with Crippen LogP contribution < -0.4 is 0 Å². The lowest BCUT2D eigenvalue weighted by Crippen LogP contribution is -2.49. The van der Waals surface area contributed by atoms with Crippen LogP contribution in [0.1, 0.15) is 56.3 Å². The van der Waals surface area contributed by atoms with Gasteiger partial charge in [0, 0.05) is 18.5 Å². The second-order valence-electron chi connectivity index (χ2n) is 8.13. The Morgan fingerprint density at radius 3 is 2.68 bits per heavy atom. The molecule has 1 saturated heterocycles. The van der Waals surface area contributed by atoms with Crippen molar-refractivity contribution in [2.75, 3.05) is 13.1 Å². The lowest BCUT2D eigenvalue weighted by molar-refractivity contribution is -0.0373. The Morgan fingerprint density at radius 2 is 1.96 bits per heavy atom. The molecule has 25 heavy (non-hydrogen) atoms. The minimum Gasteiger partial charge on any atom is -0.388 e. The molecule has 5 heteroatoms. The van der Waals surface area contributed by atoms with Crippen LogP contribution in [0.4, 0.5) is 0 Å². The van der Waals surface area contributed by atoms with Crippen LogP contribution in [0.15, 0.2) is 34.9 Å². The predicted molar refractivity (Wildman–Crippen MR) is 95.1 cm³/mol. The van der Waals surface area contributed by atoms with Crippen LogP contribution in [0, 0.1) is 0 Å². The van der Waals surface area contributed by atoms with Gasteiger partial charge in [0.1, 0.15) is 0 Å². The third-order valence-corrected chi connectivity index (χ3v) is 5.83. The van der Waals surface area contributed by atoms with Crippen LogP contribution in [-0.4, -0.2) is 38.8 Å². The van der Waals surface area contributed by atoms with E-state index in [1.165, 1.54) is 12.0 Å².